The van der Waals surface area contributed by atoms with E-state index in [-0.39, 0.29) is 17.9 Å². The van der Waals surface area contributed by atoms with E-state index in [1.54, 1.807) is 48.7 Å². The molecule has 1 aliphatic rings. The third-order valence-electron chi connectivity index (χ3n) is 5.96. The normalized spacial score (nSPS) is 13.0. The Hall–Kier alpha value is -4.53. The molecule has 0 aliphatic carbocycles. The fourth-order valence-electron chi connectivity index (χ4n) is 4.11. The minimum Gasteiger partial charge on any atom is -0.489 e. The average molecular weight is 518 g/mol. The van der Waals surface area contributed by atoms with Gasteiger partial charge in [0, 0.05) is 18.0 Å². The zero-order chi connectivity index (χ0) is 26.5. The van der Waals surface area contributed by atoms with Crippen LogP contribution in [-0.2, 0) is 0 Å². The number of nitrogens with one attached hydrogen (secondary N) is 2. The molecule has 0 unspecified atom stereocenters. The van der Waals surface area contributed by atoms with Crippen molar-refractivity contribution in [3.63, 3.8) is 0 Å². The Kier molecular flexibility index (Phi) is 7.44. The Labute approximate surface area is 219 Å². The molecular weight excluding hydrogens is 489 g/mol. The summed E-state index contributed by atoms with van der Waals surface area (Å²) >= 11 is 0. The fourth-order valence-corrected chi connectivity index (χ4v) is 4.11. The molecule has 9 heteroatoms. The summed E-state index contributed by atoms with van der Waals surface area (Å²) in [6, 6.07) is 16.0. The molecule has 0 spiro atoms. The van der Waals surface area contributed by atoms with Crippen LogP contribution in [0, 0.1) is 5.82 Å². The first-order valence-electron chi connectivity index (χ1n) is 12.5. The molecule has 8 nitrogen and oxygen atoms in total. The molecule has 0 saturated heterocycles. The van der Waals surface area contributed by atoms with Crippen LogP contribution in [-0.4, -0.2) is 30.8 Å². The molecule has 0 saturated carbocycles. The summed E-state index contributed by atoms with van der Waals surface area (Å²) in [5, 5.41) is 6.33. The molecule has 196 valence electrons. The summed E-state index contributed by atoms with van der Waals surface area (Å²) in [5.41, 5.74) is 2.06. The molecule has 38 heavy (non-hydrogen) atoms. The number of halogens is 1. The van der Waals surface area contributed by atoms with Crippen molar-refractivity contribution in [3.8, 4) is 28.7 Å². The second-order valence-corrected chi connectivity index (χ2v) is 8.78. The highest BCUT2D eigenvalue weighted by atomic mass is 19.1. The number of rotatable bonds is 8. The third-order valence-corrected chi connectivity index (χ3v) is 5.96. The van der Waals surface area contributed by atoms with Crippen LogP contribution >= 0.6 is 0 Å². The third kappa shape index (κ3) is 5.56. The maximum Gasteiger partial charge on any atom is 0.319 e. The molecule has 0 fully saturated rings. The van der Waals surface area contributed by atoms with Crippen LogP contribution in [0.2, 0.25) is 0 Å². The second-order valence-electron chi connectivity index (χ2n) is 8.78. The quantitative estimate of drug-likeness (QED) is 0.273. The molecule has 2 heterocycles. The fraction of sp³-hybridized carbons (Fsp3) is 0.241. The number of benzene rings is 3. The number of carbonyl (C=O) groups excluding carboxylic acids is 1. The van der Waals surface area contributed by atoms with Crippen molar-refractivity contribution in [3.05, 3.63) is 78.2 Å². The van der Waals surface area contributed by atoms with Gasteiger partial charge in [-0.2, -0.15) is 0 Å². The van der Waals surface area contributed by atoms with E-state index in [0.29, 0.717) is 65.2 Å². The topological polar surface area (TPSA) is 90.9 Å². The highest BCUT2D eigenvalue weighted by Gasteiger charge is 2.24. The average Bonchev–Trinajstić information content (AvgIpc) is 2.93. The van der Waals surface area contributed by atoms with Crippen molar-refractivity contribution in [2.75, 3.05) is 25.1 Å². The highest BCUT2D eigenvalue weighted by Crippen LogP contribution is 2.48. The maximum absolute atomic E-state index is 13.1. The molecule has 3 aromatic carbocycles. The molecule has 5 rings (SSSR count). The lowest BCUT2D eigenvalue weighted by Crippen LogP contribution is -2.31. The van der Waals surface area contributed by atoms with Gasteiger partial charge in [0.1, 0.15) is 30.5 Å². The number of pyridine rings is 1. The highest BCUT2D eigenvalue weighted by molar-refractivity contribution is 5.95. The lowest BCUT2D eigenvalue weighted by molar-refractivity contribution is 0.164. The zero-order valence-corrected chi connectivity index (χ0v) is 21.1. The van der Waals surface area contributed by atoms with Crippen molar-refractivity contribution >= 4 is 22.6 Å². The van der Waals surface area contributed by atoms with Gasteiger partial charge in [-0.3, -0.25) is 4.98 Å². The number of ether oxygens (including phenoxy) is 4. The van der Waals surface area contributed by atoms with Crippen molar-refractivity contribution in [2.45, 2.75) is 26.3 Å². The predicted molar refractivity (Wildman–Crippen MR) is 142 cm³/mol. The number of anilines is 1. The molecule has 2 amide bonds. The monoisotopic (exact) mass is 517 g/mol. The Morgan fingerprint density at radius 1 is 1.03 bits per heavy atom. The summed E-state index contributed by atoms with van der Waals surface area (Å²) in [6.45, 7) is 5.27. The van der Waals surface area contributed by atoms with Crippen molar-refractivity contribution in [2.24, 2.45) is 0 Å². The van der Waals surface area contributed by atoms with Gasteiger partial charge in [0.2, 0.25) is 5.75 Å². The van der Waals surface area contributed by atoms with Gasteiger partial charge in [-0.1, -0.05) is 19.1 Å². The molecule has 0 bridgehead atoms. The summed E-state index contributed by atoms with van der Waals surface area (Å²) in [5.74, 6) is 2.51. The number of urea groups is 1. The van der Waals surface area contributed by atoms with Gasteiger partial charge in [0.15, 0.2) is 11.5 Å². The van der Waals surface area contributed by atoms with Crippen LogP contribution < -0.4 is 29.6 Å². The van der Waals surface area contributed by atoms with Crippen LogP contribution in [0.1, 0.15) is 31.9 Å². The Balaban J connectivity index is 1.30. The van der Waals surface area contributed by atoms with E-state index in [1.165, 1.54) is 12.1 Å². The van der Waals surface area contributed by atoms with E-state index >= 15 is 0 Å². The van der Waals surface area contributed by atoms with E-state index in [9.17, 15) is 9.18 Å². The smallest absolute Gasteiger partial charge is 0.319 e. The number of hydrogen-bond acceptors (Lipinski definition) is 6. The number of aromatic nitrogens is 1. The number of hydrogen-bond donors (Lipinski definition) is 2. The molecule has 2 N–H and O–H groups in total. The van der Waals surface area contributed by atoms with E-state index in [2.05, 4.69) is 15.6 Å². The first-order chi connectivity index (χ1) is 18.5. The lowest BCUT2D eigenvalue weighted by atomic mass is 10.1. The van der Waals surface area contributed by atoms with Crippen LogP contribution in [0.3, 0.4) is 0 Å². The summed E-state index contributed by atoms with van der Waals surface area (Å²) in [4.78, 5) is 16.9. The molecule has 0 radical (unpaired) electrons. The van der Waals surface area contributed by atoms with Crippen LogP contribution in [0.25, 0.3) is 10.9 Å². The Bertz CT molecular complexity index is 1430. The van der Waals surface area contributed by atoms with Gasteiger partial charge in [0.25, 0.3) is 0 Å². The molecule has 1 atom stereocenters. The Morgan fingerprint density at radius 2 is 1.76 bits per heavy atom. The Morgan fingerprint density at radius 3 is 2.50 bits per heavy atom. The van der Waals surface area contributed by atoms with E-state index in [1.807, 2.05) is 19.9 Å². The van der Waals surface area contributed by atoms with Crippen LogP contribution in [0.4, 0.5) is 14.9 Å². The van der Waals surface area contributed by atoms with Gasteiger partial charge < -0.3 is 29.6 Å². The molecular formula is C29H28FN3O5. The van der Waals surface area contributed by atoms with Crippen molar-refractivity contribution in [1.82, 2.24) is 10.3 Å². The van der Waals surface area contributed by atoms with Gasteiger partial charge in [-0.05, 0) is 61.4 Å². The predicted octanol–water partition coefficient (Wildman–Crippen LogP) is 6.61. The SMILES string of the molecule is CCCOc1cc2nccc(Oc3ccc(NC(=O)N[C@H](C)c4ccc(F)cc4)cc3)c2c2c1OCCO2. The molecule has 4 aromatic rings. The minimum atomic E-state index is -0.375. The summed E-state index contributed by atoms with van der Waals surface area (Å²) < 4.78 is 37.1. The largest absolute Gasteiger partial charge is 0.489 e. The standard InChI is InChI=1S/C29H28FN3O5/c1-3-14-35-25-17-23-26(28-27(25)36-15-16-37-28)24(12-13-31-23)38-22-10-8-21(9-11-22)33-29(34)32-18(2)19-4-6-20(30)7-5-19/h4-13,17-18H,3,14-16H2,1-2H3,(H2,32,33,34)/t18-/m1/s1. The number of fused-ring (bicyclic) bond motifs is 3. The molecule has 1 aliphatic heterocycles. The van der Waals surface area contributed by atoms with Crippen molar-refractivity contribution in [1.29, 1.82) is 0 Å². The second kappa shape index (κ2) is 11.2. The van der Waals surface area contributed by atoms with Gasteiger partial charge >= 0.3 is 6.03 Å². The number of nitrogens with zero attached hydrogens (tertiary/aromatic N) is 1. The number of amides is 2. The van der Waals surface area contributed by atoms with E-state index in [4.69, 9.17) is 18.9 Å². The van der Waals surface area contributed by atoms with Gasteiger partial charge in [-0.25, -0.2) is 9.18 Å². The summed E-state index contributed by atoms with van der Waals surface area (Å²) in [6.07, 6.45) is 2.53. The van der Waals surface area contributed by atoms with Gasteiger partial charge in [0.05, 0.1) is 23.6 Å². The van der Waals surface area contributed by atoms with Crippen molar-refractivity contribution < 1.29 is 28.1 Å². The maximum atomic E-state index is 13.1. The van der Waals surface area contributed by atoms with Crippen LogP contribution in [0.15, 0.2) is 66.9 Å². The number of carbonyl (C=O) groups is 1. The van der Waals surface area contributed by atoms with E-state index < -0.39 is 0 Å². The lowest BCUT2D eigenvalue weighted by Gasteiger charge is -2.23. The first kappa shape index (κ1) is 25.1. The summed E-state index contributed by atoms with van der Waals surface area (Å²) in [7, 11) is 0. The zero-order valence-electron chi connectivity index (χ0n) is 21.1. The van der Waals surface area contributed by atoms with Gasteiger partial charge in [-0.15, -0.1) is 0 Å². The van der Waals surface area contributed by atoms with Crippen LogP contribution in [0.5, 0.6) is 28.7 Å². The first-order valence-corrected chi connectivity index (χ1v) is 12.5. The minimum absolute atomic E-state index is 0.289. The van der Waals surface area contributed by atoms with E-state index in [0.717, 1.165) is 12.0 Å². The molecule has 1 aromatic heterocycles.